The van der Waals surface area contributed by atoms with Crippen LogP contribution in [0.4, 0.5) is 0 Å². The molecule has 74 valence electrons. The van der Waals surface area contributed by atoms with Crippen LogP contribution in [0.15, 0.2) is 0 Å². The fourth-order valence-electron chi connectivity index (χ4n) is 1.72. The molecule has 1 unspecified atom stereocenters. The maximum absolute atomic E-state index is 8.99. The zero-order valence-electron chi connectivity index (χ0n) is 8.42. The van der Waals surface area contributed by atoms with E-state index in [1.54, 1.807) is 0 Å². The standard InChI is InChI=1S/C10H19N3/c1-2-3-4-10(9-11)13-7-5-12-6-8-13/h10,12H,2-8H2,1H3. The molecule has 0 saturated carbocycles. The number of nitrogens with one attached hydrogen (secondary N) is 1. The van der Waals surface area contributed by atoms with Crippen LogP contribution in [0.5, 0.6) is 0 Å². The van der Waals surface area contributed by atoms with Gasteiger partial charge in [0.1, 0.15) is 0 Å². The topological polar surface area (TPSA) is 39.1 Å². The normalized spacial score (nSPS) is 20.9. The van der Waals surface area contributed by atoms with Gasteiger partial charge in [-0.25, -0.2) is 0 Å². The van der Waals surface area contributed by atoms with Crippen molar-refractivity contribution in [3.8, 4) is 6.07 Å². The minimum absolute atomic E-state index is 0.155. The highest BCUT2D eigenvalue weighted by Crippen LogP contribution is 2.08. The molecular formula is C10H19N3. The van der Waals surface area contributed by atoms with Crippen molar-refractivity contribution in [2.75, 3.05) is 26.2 Å². The van der Waals surface area contributed by atoms with Gasteiger partial charge in [-0.2, -0.15) is 5.26 Å². The minimum Gasteiger partial charge on any atom is -0.314 e. The number of unbranched alkanes of at least 4 members (excludes halogenated alkanes) is 1. The van der Waals surface area contributed by atoms with Crippen molar-refractivity contribution < 1.29 is 0 Å². The van der Waals surface area contributed by atoms with Gasteiger partial charge in [0.25, 0.3) is 0 Å². The maximum atomic E-state index is 8.99. The monoisotopic (exact) mass is 181 g/mol. The molecule has 1 aliphatic heterocycles. The summed E-state index contributed by atoms with van der Waals surface area (Å²) < 4.78 is 0. The van der Waals surface area contributed by atoms with E-state index in [0.717, 1.165) is 32.6 Å². The highest BCUT2D eigenvalue weighted by Gasteiger charge is 2.18. The summed E-state index contributed by atoms with van der Waals surface area (Å²) in [7, 11) is 0. The Morgan fingerprint density at radius 2 is 2.15 bits per heavy atom. The molecule has 0 amide bonds. The quantitative estimate of drug-likeness (QED) is 0.702. The van der Waals surface area contributed by atoms with Crippen molar-refractivity contribution in [1.29, 1.82) is 5.26 Å². The molecule has 1 rings (SSSR count). The lowest BCUT2D eigenvalue weighted by Gasteiger charge is -2.30. The number of hydrogen-bond acceptors (Lipinski definition) is 3. The van der Waals surface area contributed by atoms with E-state index in [-0.39, 0.29) is 6.04 Å². The van der Waals surface area contributed by atoms with Crippen LogP contribution in [0.3, 0.4) is 0 Å². The number of rotatable bonds is 4. The Kier molecular flexibility index (Phi) is 4.81. The van der Waals surface area contributed by atoms with E-state index in [2.05, 4.69) is 23.2 Å². The molecule has 1 heterocycles. The first kappa shape index (κ1) is 10.5. The lowest BCUT2D eigenvalue weighted by atomic mass is 10.1. The summed E-state index contributed by atoms with van der Waals surface area (Å²) in [5, 5.41) is 12.3. The van der Waals surface area contributed by atoms with Gasteiger partial charge >= 0.3 is 0 Å². The van der Waals surface area contributed by atoms with Crippen LogP contribution >= 0.6 is 0 Å². The van der Waals surface area contributed by atoms with Gasteiger partial charge in [0, 0.05) is 26.2 Å². The van der Waals surface area contributed by atoms with Crippen molar-refractivity contribution in [3.63, 3.8) is 0 Å². The van der Waals surface area contributed by atoms with Crippen LogP contribution < -0.4 is 5.32 Å². The van der Waals surface area contributed by atoms with Crippen LogP contribution in [-0.2, 0) is 0 Å². The third kappa shape index (κ3) is 3.33. The van der Waals surface area contributed by atoms with Gasteiger partial charge in [-0.3, -0.25) is 4.90 Å². The molecule has 0 aromatic heterocycles. The molecule has 3 nitrogen and oxygen atoms in total. The lowest BCUT2D eigenvalue weighted by molar-refractivity contribution is 0.196. The molecule has 1 aliphatic rings. The molecule has 0 spiro atoms. The van der Waals surface area contributed by atoms with Crippen LogP contribution in [0.1, 0.15) is 26.2 Å². The van der Waals surface area contributed by atoms with Gasteiger partial charge in [0.15, 0.2) is 0 Å². The van der Waals surface area contributed by atoms with Gasteiger partial charge in [-0.05, 0) is 6.42 Å². The maximum Gasteiger partial charge on any atom is 0.0978 e. The summed E-state index contributed by atoms with van der Waals surface area (Å²) in [6, 6.07) is 2.56. The third-order valence-electron chi connectivity index (χ3n) is 2.57. The second-order valence-electron chi connectivity index (χ2n) is 3.57. The van der Waals surface area contributed by atoms with Crippen LogP contribution in [0.2, 0.25) is 0 Å². The predicted molar refractivity (Wildman–Crippen MR) is 53.4 cm³/mol. The van der Waals surface area contributed by atoms with Gasteiger partial charge in [0.05, 0.1) is 12.1 Å². The number of hydrogen-bond donors (Lipinski definition) is 1. The smallest absolute Gasteiger partial charge is 0.0978 e. The van der Waals surface area contributed by atoms with Gasteiger partial charge in [-0.15, -0.1) is 0 Å². The van der Waals surface area contributed by atoms with Crippen LogP contribution in [0.25, 0.3) is 0 Å². The molecule has 0 aliphatic carbocycles. The summed E-state index contributed by atoms with van der Waals surface area (Å²) in [6.07, 6.45) is 3.39. The van der Waals surface area contributed by atoms with E-state index in [4.69, 9.17) is 5.26 Å². The van der Waals surface area contributed by atoms with Crippen LogP contribution in [-0.4, -0.2) is 37.1 Å². The second-order valence-corrected chi connectivity index (χ2v) is 3.57. The second kappa shape index (κ2) is 5.95. The fourth-order valence-corrected chi connectivity index (χ4v) is 1.72. The van der Waals surface area contributed by atoms with E-state index in [0.29, 0.717) is 0 Å². The lowest BCUT2D eigenvalue weighted by Crippen LogP contribution is -2.47. The zero-order valence-corrected chi connectivity index (χ0v) is 8.42. The van der Waals surface area contributed by atoms with Gasteiger partial charge in [-0.1, -0.05) is 19.8 Å². The molecule has 1 fully saturated rings. The molecule has 0 bridgehead atoms. The summed E-state index contributed by atoms with van der Waals surface area (Å²) in [4.78, 5) is 2.30. The Balaban J connectivity index is 2.31. The number of piperazine rings is 1. The molecule has 13 heavy (non-hydrogen) atoms. The van der Waals surface area contributed by atoms with E-state index < -0.39 is 0 Å². The first-order valence-electron chi connectivity index (χ1n) is 5.23. The number of nitriles is 1. The van der Waals surface area contributed by atoms with Crippen molar-refractivity contribution in [3.05, 3.63) is 0 Å². The number of nitrogens with zero attached hydrogens (tertiary/aromatic N) is 2. The Bertz CT molecular complexity index is 167. The molecule has 1 saturated heterocycles. The van der Waals surface area contributed by atoms with Crippen molar-refractivity contribution in [2.45, 2.75) is 32.2 Å². The minimum atomic E-state index is 0.155. The molecule has 1 N–H and O–H groups in total. The fraction of sp³-hybridized carbons (Fsp3) is 0.900. The average molecular weight is 181 g/mol. The molecule has 0 aromatic rings. The van der Waals surface area contributed by atoms with Gasteiger partial charge < -0.3 is 5.32 Å². The van der Waals surface area contributed by atoms with Crippen molar-refractivity contribution >= 4 is 0 Å². The first-order valence-corrected chi connectivity index (χ1v) is 5.23. The van der Waals surface area contributed by atoms with E-state index in [9.17, 15) is 0 Å². The van der Waals surface area contributed by atoms with Crippen molar-refractivity contribution in [2.24, 2.45) is 0 Å². The Hall–Kier alpha value is -0.590. The Labute approximate surface area is 80.7 Å². The predicted octanol–water partition coefficient (Wildman–Crippen LogP) is 0.974. The summed E-state index contributed by atoms with van der Waals surface area (Å²) in [5.41, 5.74) is 0. The summed E-state index contributed by atoms with van der Waals surface area (Å²) in [6.45, 7) is 6.30. The summed E-state index contributed by atoms with van der Waals surface area (Å²) in [5.74, 6) is 0. The zero-order chi connectivity index (χ0) is 9.52. The first-order chi connectivity index (χ1) is 6.38. The molecule has 0 aromatic carbocycles. The van der Waals surface area contributed by atoms with Gasteiger partial charge in [0.2, 0.25) is 0 Å². The Morgan fingerprint density at radius 1 is 1.46 bits per heavy atom. The van der Waals surface area contributed by atoms with E-state index >= 15 is 0 Å². The molecule has 3 heteroatoms. The summed E-state index contributed by atoms with van der Waals surface area (Å²) >= 11 is 0. The Morgan fingerprint density at radius 3 is 2.69 bits per heavy atom. The van der Waals surface area contributed by atoms with E-state index in [1.807, 2.05) is 0 Å². The molecule has 0 radical (unpaired) electrons. The SMILES string of the molecule is CCCCC(C#N)N1CCNCC1. The average Bonchev–Trinajstić information content (AvgIpc) is 2.21. The van der Waals surface area contributed by atoms with Crippen molar-refractivity contribution in [1.82, 2.24) is 10.2 Å². The largest absolute Gasteiger partial charge is 0.314 e. The highest BCUT2D eigenvalue weighted by atomic mass is 15.2. The van der Waals surface area contributed by atoms with Crippen LogP contribution in [0, 0.1) is 11.3 Å². The highest BCUT2D eigenvalue weighted by molar-refractivity contribution is 4.92. The molecular weight excluding hydrogens is 162 g/mol. The van der Waals surface area contributed by atoms with E-state index in [1.165, 1.54) is 12.8 Å². The third-order valence-corrected chi connectivity index (χ3v) is 2.57. The molecule has 1 atom stereocenters.